The summed E-state index contributed by atoms with van der Waals surface area (Å²) >= 11 is 0. The molecule has 0 aromatic heterocycles. The first-order valence-electron chi connectivity index (χ1n) is 6.32. The fraction of sp³-hybridized carbons (Fsp3) is 0.467. The average molecular weight is 252 g/mol. The summed E-state index contributed by atoms with van der Waals surface area (Å²) in [4.78, 5) is 0. The zero-order valence-electron chi connectivity index (χ0n) is 11.3. The lowest BCUT2D eigenvalue weighted by Crippen LogP contribution is -2.03. The normalized spacial score (nSPS) is 12.0. The Balaban J connectivity index is 3.05. The lowest BCUT2D eigenvalue weighted by atomic mass is 10.0. The number of ether oxygens (including phenoxy) is 2. The highest BCUT2D eigenvalue weighted by Crippen LogP contribution is 2.31. The maximum atomic E-state index is 13.9. The predicted molar refractivity (Wildman–Crippen MR) is 71.8 cm³/mol. The van der Waals surface area contributed by atoms with Crippen LogP contribution in [0.4, 0.5) is 4.39 Å². The van der Waals surface area contributed by atoms with Crippen LogP contribution in [0.5, 0.6) is 11.5 Å². The standard InChI is InChI=1S/C15H21FO2/c1-5-11(4)8-12-9-14(17-6-2)15(18-7-3)10-13(12)16/h5,9-11H,1,6-8H2,2-4H3. The van der Waals surface area contributed by atoms with E-state index in [0.717, 1.165) is 0 Å². The van der Waals surface area contributed by atoms with Crippen LogP contribution in [0.3, 0.4) is 0 Å². The minimum Gasteiger partial charge on any atom is -0.490 e. The molecule has 0 N–H and O–H groups in total. The molecule has 1 atom stereocenters. The molecular weight excluding hydrogens is 231 g/mol. The number of allylic oxidation sites excluding steroid dienone is 1. The van der Waals surface area contributed by atoms with Gasteiger partial charge in [0.1, 0.15) is 5.82 Å². The summed E-state index contributed by atoms with van der Waals surface area (Å²) in [7, 11) is 0. The molecule has 1 aromatic rings. The molecule has 3 heteroatoms. The van der Waals surface area contributed by atoms with E-state index in [-0.39, 0.29) is 11.7 Å². The molecule has 0 fully saturated rings. The maximum absolute atomic E-state index is 13.9. The van der Waals surface area contributed by atoms with E-state index in [0.29, 0.717) is 36.7 Å². The molecule has 0 spiro atoms. The molecule has 0 aliphatic heterocycles. The molecule has 0 saturated carbocycles. The van der Waals surface area contributed by atoms with E-state index in [1.807, 2.05) is 26.8 Å². The van der Waals surface area contributed by atoms with E-state index < -0.39 is 0 Å². The van der Waals surface area contributed by atoms with E-state index in [9.17, 15) is 4.39 Å². The second-order valence-corrected chi connectivity index (χ2v) is 4.17. The highest BCUT2D eigenvalue weighted by Gasteiger charge is 2.13. The monoisotopic (exact) mass is 252 g/mol. The van der Waals surface area contributed by atoms with Crippen molar-refractivity contribution in [2.75, 3.05) is 13.2 Å². The Morgan fingerprint density at radius 2 is 1.78 bits per heavy atom. The van der Waals surface area contributed by atoms with E-state index in [4.69, 9.17) is 9.47 Å². The fourth-order valence-electron chi connectivity index (χ4n) is 1.70. The van der Waals surface area contributed by atoms with Crippen molar-refractivity contribution in [3.63, 3.8) is 0 Å². The zero-order chi connectivity index (χ0) is 13.5. The van der Waals surface area contributed by atoms with Gasteiger partial charge in [-0.1, -0.05) is 13.0 Å². The molecule has 18 heavy (non-hydrogen) atoms. The molecule has 1 unspecified atom stereocenters. The van der Waals surface area contributed by atoms with E-state index in [1.165, 1.54) is 6.07 Å². The third kappa shape index (κ3) is 3.76. The third-order valence-corrected chi connectivity index (χ3v) is 2.66. The molecule has 0 heterocycles. The summed E-state index contributed by atoms with van der Waals surface area (Å²) in [5, 5.41) is 0. The van der Waals surface area contributed by atoms with Gasteiger partial charge in [0.2, 0.25) is 0 Å². The molecule has 0 amide bonds. The Morgan fingerprint density at radius 1 is 1.22 bits per heavy atom. The molecule has 0 aliphatic rings. The van der Waals surface area contributed by atoms with Crippen LogP contribution in [-0.4, -0.2) is 13.2 Å². The van der Waals surface area contributed by atoms with Gasteiger partial charge in [-0.3, -0.25) is 0 Å². The Hall–Kier alpha value is -1.51. The molecule has 0 saturated heterocycles. The van der Waals surface area contributed by atoms with E-state index in [1.54, 1.807) is 6.07 Å². The number of halogens is 1. The van der Waals surface area contributed by atoms with Gasteiger partial charge in [0, 0.05) is 6.07 Å². The van der Waals surface area contributed by atoms with E-state index in [2.05, 4.69) is 6.58 Å². The van der Waals surface area contributed by atoms with E-state index >= 15 is 0 Å². The van der Waals surface area contributed by atoms with Crippen molar-refractivity contribution in [3.05, 3.63) is 36.2 Å². The SMILES string of the molecule is C=CC(C)Cc1cc(OCC)c(OCC)cc1F. The topological polar surface area (TPSA) is 18.5 Å². The van der Waals surface area contributed by atoms with Crippen molar-refractivity contribution in [2.45, 2.75) is 27.2 Å². The first-order valence-corrected chi connectivity index (χ1v) is 6.32. The van der Waals surface area contributed by atoms with Gasteiger partial charge in [-0.25, -0.2) is 4.39 Å². The van der Waals surface area contributed by atoms with Gasteiger partial charge in [0.05, 0.1) is 13.2 Å². The smallest absolute Gasteiger partial charge is 0.164 e. The van der Waals surface area contributed by atoms with Crippen molar-refractivity contribution in [2.24, 2.45) is 5.92 Å². The Bertz CT molecular complexity index is 402. The Morgan fingerprint density at radius 3 is 2.28 bits per heavy atom. The minimum absolute atomic E-state index is 0.229. The first kappa shape index (κ1) is 14.6. The highest BCUT2D eigenvalue weighted by molar-refractivity contribution is 5.44. The Kier molecular flexibility index (Phi) is 5.69. The van der Waals surface area contributed by atoms with Crippen LogP contribution in [-0.2, 0) is 6.42 Å². The molecule has 0 aliphatic carbocycles. The van der Waals surface area contributed by atoms with Crippen molar-refractivity contribution in [1.82, 2.24) is 0 Å². The molecule has 0 bridgehead atoms. The summed E-state index contributed by atoms with van der Waals surface area (Å²) in [6, 6.07) is 3.13. The first-order chi connectivity index (χ1) is 8.62. The second kappa shape index (κ2) is 7.04. The lowest BCUT2D eigenvalue weighted by Gasteiger charge is -2.14. The highest BCUT2D eigenvalue weighted by atomic mass is 19.1. The Labute approximate surface area is 108 Å². The van der Waals surface area contributed by atoms with Gasteiger partial charge in [-0.2, -0.15) is 0 Å². The number of rotatable bonds is 7. The van der Waals surface area contributed by atoms with Crippen LogP contribution in [0.2, 0.25) is 0 Å². The van der Waals surface area contributed by atoms with Crippen LogP contribution in [0.1, 0.15) is 26.3 Å². The maximum Gasteiger partial charge on any atom is 0.164 e. The van der Waals surface area contributed by atoms with Gasteiger partial charge in [-0.15, -0.1) is 6.58 Å². The summed E-state index contributed by atoms with van der Waals surface area (Å²) < 4.78 is 24.8. The molecule has 100 valence electrons. The quantitative estimate of drug-likeness (QED) is 0.683. The third-order valence-electron chi connectivity index (χ3n) is 2.66. The van der Waals surface area contributed by atoms with Gasteiger partial charge >= 0.3 is 0 Å². The van der Waals surface area contributed by atoms with Crippen LogP contribution in [0.15, 0.2) is 24.8 Å². The molecule has 2 nitrogen and oxygen atoms in total. The van der Waals surface area contributed by atoms with Crippen LogP contribution in [0.25, 0.3) is 0 Å². The molecular formula is C15H21FO2. The van der Waals surface area contributed by atoms with Crippen LogP contribution in [0, 0.1) is 11.7 Å². The fourth-order valence-corrected chi connectivity index (χ4v) is 1.70. The molecule has 1 rings (SSSR count). The number of benzene rings is 1. The summed E-state index contributed by atoms with van der Waals surface area (Å²) in [5.41, 5.74) is 0.634. The summed E-state index contributed by atoms with van der Waals surface area (Å²) in [5.74, 6) is 1.04. The van der Waals surface area contributed by atoms with Crippen LogP contribution >= 0.6 is 0 Å². The van der Waals surface area contributed by atoms with Crippen molar-refractivity contribution < 1.29 is 13.9 Å². The second-order valence-electron chi connectivity index (χ2n) is 4.17. The lowest BCUT2D eigenvalue weighted by molar-refractivity contribution is 0.285. The van der Waals surface area contributed by atoms with Gasteiger partial charge in [0.15, 0.2) is 11.5 Å². The summed E-state index contributed by atoms with van der Waals surface area (Å²) in [6.45, 7) is 10.5. The number of hydrogen-bond acceptors (Lipinski definition) is 2. The summed E-state index contributed by atoms with van der Waals surface area (Å²) in [6.07, 6.45) is 2.43. The molecule has 0 radical (unpaired) electrons. The van der Waals surface area contributed by atoms with Crippen LogP contribution < -0.4 is 9.47 Å². The van der Waals surface area contributed by atoms with Crippen molar-refractivity contribution in [1.29, 1.82) is 0 Å². The van der Waals surface area contributed by atoms with Gasteiger partial charge < -0.3 is 9.47 Å². The average Bonchev–Trinajstić information content (AvgIpc) is 2.35. The van der Waals surface area contributed by atoms with Crippen molar-refractivity contribution in [3.8, 4) is 11.5 Å². The number of hydrogen-bond donors (Lipinski definition) is 0. The largest absolute Gasteiger partial charge is 0.490 e. The predicted octanol–water partition coefficient (Wildman–Crippen LogP) is 3.99. The zero-order valence-corrected chi connectivity index (χ0v) is 11.3. The molecule has 1 aromatic carbocycles. The minimum atomic E-state index is -0.254. The van der Waals surface area contributed by atoms with Gasteiger partial charge in [0.25, 0.3) is 0 Å². The van der Waals surface area contributed by atoms with Gasteiger partial charge in [-0.05, 0) is 37.8 Å². The van der Waals surface area contributed by atoms with Crippen molar-refractivity contribution >= 4 is 0 Å².